The van der Waals surface area contributed by atoms with E-state index in [4.69, 9.17) is 11.6 Å². The molecular weight excluding hydrogens is 372 g/mol. The number of halogens is 1. The van der Waals surface area contributed by atoms with E-state index in [9.17, 15) is 9.59 Å². The molecule has 2 amide bonds. The summed E-state index contributed by atoms with van der Waals surface area (Å²) in [6.45, 7) is 5.90. The van der Waals surface area contributed by atoms with Crippen molar-refractivity contribution in [2.45, 2.75) is 39.7 Å². The summed E-state index contributed by atoms with van der Waals surface area (Å²) in [5, 5.41) is 14.9. The van der Waals surface area contributed by atoms with Gasteiger partial charge in [-0.05, 0) is 18.9 Å². The number of nitrogens with one attached hydrogen (secondary N) is 2. The van der Waals surface area contributed by atoms with Gasteiger partial charge in [-0.15, -0.1) is 21.8 Å². The summed E-state index contributed by atoms with van der Waals surface area (Å²) in [7, 11) is 0. The lowest BCUT2D eigenvalue weighted by Crippen LogP contribution is -2.47. The first-order valence-electron chi connectivity index (χ1n) is 8.51. The lowest BCUT2D eigenvalue weighted by Gasteiger charge is -2.22. The molecule has 2 rings (SSSR count). The third-order valence-corrected chi connectivity index (χ3v) is 5.13. The minimum atomic E-state index is -0.637. The van der Waals surface area contributed by atoms with Crippen molar-refractivity contribution in [1.82, 2.24) is 15.5 Å². The van der Waals surface area contributed by atoms with Gasteiger partial charge in [0, 0.05) is 17.9 Å². The molecule has 0 aliphatic heterocycles. The van der Waals surface area contributed by atoms with Crippen LogP contribution in [0.4, 0.5) is 5.13 Å². The van der Waals surface area contributed by atoms with Crippen molar-refractivity contribution in [3.63, 3.8) is 0 Å². The minimum Gasteiger partial charge on any atom is -0.344 e. The van der Waals surface area contributed by atoms with Crippen LogP contribution in [0.2, 0.25) is 0 Å². The van der Waals surface area contributed by atoms with Crippen molar-refractivity contribution in [2.24, 2.45) is 5.92 Å². The minimum absolute atomic E-state index is 0.0153. The average Bonchev–Trinajstić information content (AvgIpc) is 3.07. The normalized spacial score (nSPS) is 13.1. The van der Waals surface area contributed by atoms with Gasteiger partial charge in [-0.3, -0.25) is 14.9 Å². The van der Waals surface area contributed by atoms with Gasteiger partial charge in [0.1, 0.15) is 11.0 Å². The Morgan fingerprint density at radius 3 is 2.73 bits per heavy atom. The Balaban J connectivity index is 2.10. The van der Waals surface area contributed by atoms with Gasteiger partial charge in [0.15, 0.2) is 0 Å². The molecule has 26 heavy (non-hydrogen) atoms. The fraction of sp³-hybridized carbons (Fsp3) is 0.444. The van der Waals surface area contributed by atoms with Crippen LogP contribution < -0.4 is 10.6 Å². The first kappa shape index (κ1) is 20.3. The van der Waals surface area contributed by atoms with E-state index in [1.165, 1.54) is 11.3 Å². The number of carbonyl (C=O) groups is 2. The third kappa shape index (κ3) is 5.51. The first-order chi connectivity index (χ1) is 12.4. The van der Waals surface area contributed by atoms with Crippen molar-refractivity contribution < 1.29 is 9.59 Å². The van der Waals surface area contributed by atoms with E-state index in [2.05, 4.69) is 20.8 Å². The lowest BCUT2D eigenvalue weighted by atomic mass is 9.98. The van der Waals surface area contributed by atoms with Gasteiger partial charge >= 0.3 is 0 Å². The topological polar surface area (TPSA) is 84.0 Å². The maximum atomic E-state index is 12.6. The second-order valence-electron chi connectivity index (χ2n) is 6.14. The number of amides is 2. The van der Waals surface area contributed by atoms with Gasteiger partial charge in [0.05, 0.1) is 0 Å². The number of benzene rings is 1. The lowest BCUT2D eigenvalue weighted by molar-refractivity contribution is -0.127. The molecule has 0 bridgehead atoms. The second-order valence-corrected chi connectivity index (χ2v) is 7.50. The molecule has 0 fully saturated rings. The summed E-state index contributed by atoms with van der Waals surface area (Å²) < 4.78 is 0. The van der Waals surface area contributed by atoms with E-state index >= 15 is 0 Å². The Hall–Kier alpha value is -1.99. The van der Waals surface area contributed by atoms with Crippen LogP contribution in [0, 0.1) is 12.8 Å². The van der Waals surface area contributed by atoms with E-state index in [1.54, 1.807) is 0 Å². The molecule has 6 nitrogen and oxygen atoms in total. The molecule has 1 aromatic heterocycles. The van der Waals surface area contributed by atoms with Gasteiger partial charge < -0.3 is 5.32 Å². The molecule has 2 aromatic rings. The molecule has 2 N–H and O–H groups in total. The van der Waals surface area contributed by atoms with E-state index < -0.39 is 6.04 Å². The molecule has 0 aliphatic carbocycles. The Morgan fingerprint density at radius 2 is 2.08 bits per heavy atom. The van der Waals surface area contributed by atoms with Gasteiger partial charge in [-0.1, -0.05) is 55.4 Å². The quantitative estimate of drug-likeness (QED) is 0.670. The van der Waals surface area contributed by atoms with Crippen LogP contribution in [0.25, 0.3) is 10.6 Å². The summed E-state index contributed by atoms with van der Waals surface area (Å²) >= 11 is 6.90. The summed E-state index contributed by atoms with van der Waals surface area (Å²) in [4.78, 5) is 24.5. The summed E-state index contributed by atoms with van der Waals surface area (Å²) in [6.07, 6.45) is 0.933. The molecular formula is C18H23ClN4O2S. The van der Waals surface area contributed by atoms with Crippen molar-refractivity contribution in [1.29, 1.82) is 0 Å². The number of nitrogens with zero attached hydrogens (tertiary/aromatic N) is 2. The van der Waals surface area contributed by atoms with Crippen LogP contribution in [0.15, 0.2) is 24.3 Å². The van der Waals surface area contributed by atoms with Gasteiger partial charge in [-0.25, -0.2) is 0 Å². The molecule has 2 atom stereocenters. The van der Waals surface area contributed by atoms with Crippen molar-refractivity contribution in [3.05, 3.63) is 29.8 Å². The van der Waals surface area contributed by atoms with Gasteiger partial charge in [0.2, 0.25) is 16.9 Å². The highest BCUT2D eigenvalue weighted by atomic mass is 35.5. The SMILES string of the molecule is CCC(C)C(NC(=O)CCCl)C(=O)Nc1nnc(-c2cccc(C)c2)s1. The van der Waals surface area contributed by atoms with Crippen LogP contribution in [-0.4, -0.2) is 33.9 Å². The van der Waals surface area contributed by atoms with Crippen LogP contribution in [0.5, 0.6) is 0 Å². The number of hydrogen-bond acceptors (Lipinski definition) is 5. The average molecular weight is 395 g/mol. The van der Waals surface area contributed by atoms with Crippen molar-refractivity contribution in [2.75, 3.05) is 11.2 Å². The molecule has 2 unspecified atom stereocenters. The van der Waals surface area contributed by atoms with E-state index in [1.807, 2.05) is 45.0 Å². The summed E-state index contributed by atoms with van der Waals surface area (Å²) in [6, 6.07) is 7.29. The highest BCUT2D eigenvalue weighted by Crippen LogP contribution is 2.27. The van der Waals surface area contributed by atoms with E-state index in [-0.39, 0.29) is 30.0 Å². The van der Waals surface area contributed by atoms with Crippen LogP contribution in [0.1, 0.15) is 32.3 Å². The summed E-state index contributed by atoms with van der Waals surface area (Å²) in [5.41, 5.74) is 2.08. The second kappa shape index (κ2) is 9.64. The number of alkyl halides is 1. The molecule has 0 saturated heterocycles. The van der Waals surface area contributed by atoms with Gasteiger partial charge in [-0.2, -0.15) is 0 Å². The fourth-order valence-electron chi connectivity index (χ4n) is 2.38. The van der Waals surface area contributed by atoms with Gasteiger partial charge in [0.25, 0.3) is 0 Å². The molecule has 1 heterocycles. The van der Waals surface area contributed by atoms with E-state index in [0.717, 1.165) is 22.6 Å². The zero-order valence-corrected chi connectivity index (χ0v) is 16.7. The van der Waals surface area contributed by atoms with E-state index in [0.29, 0.717) is 5.13 Å². The number of hydrogen-bond donors (Lipinski definition) is 2. The monoisotopic (exact) mass is 394 g/mol. The number of aryl methyl sites for hydroxylation is 1. The Morgan fingerprint density at radius 1 is 1.31 bits per heavy atom. The predicted octanol–water partition coefficient (Wildman–Crippen LogP) is 3.61. The largest absolute Gasteiger partial charge is 0.344 e. The molecule has 0 spiro atoms. The van der Waals surface area contributed by atoms with Crippen molar-refractivity contribution >= 4 is 39.9 Å². The van der Waals surface area contributed by atoms with Crippen LogP contribution in [-0.2, 0) is 9.59 Å². The molecule has 0 aliphatic rings. The maximum absolute atomic E-state index is 12.6. The fourth-order valence-corrected chi connectivity index (χ4v) is 3.30. The Labute approximate surface area is 162 Å². The molecule has 1 aromatic carbocycles. The number of anilines is 1. The number of rotatable bonds is 8. The maximum Gasteiger partial charge on any atom is 0.249 e. The highest BCUT2D eigenvalue weighted by molar-refractivity contribution is 7.18. The van der Waals surface area contributed by atoms with Crippen LogP contribution in [0.3, 0.4) is 0 Å². The molecule has 0 saturated carbocycles. The predicted molar refractivity (Wildman–Crippen MR) is 105 cm³/mol. The Bertz CT molecular complexity index is 765. The van der Waals surface area contributed by atoms with Crippen LogP contribution >= 0.6 is 22.9 Å². The number of carbonyl (C=O) groups excluding carboxylic acids is 2. The highest BCUT2D eigenvalue weighted by Gasteiger charge is 2.26. The van der Waals surface area contributed by atoms with Crippen molar-refractivity contribution in [3.8, 4) is 10.6 Å². The smallest absolute Gasteiger partial charge is 0.249 e. The molecule has 140 valence electrons. The molecule has 8 heteroatoms. The first-order valence-corrected chi connectivity index (χ1v) is 9.86. The zero-order valence-electron chi connectivity index (χ0n) is 15.1. The number of aromatic nitrogens is 2. The third-order valence-electron chi connectivity index (χ3n) is 4.05. The standard InChI is InChI=1S/C18H23ClN4O2S/c1-4-12(3)15(20-14(24)8-9-19)16(25)21-18-23-22-17(26-18)13-7-5-6-11(2)10-13/h5-7,10,12,15H,4,8-9H2,1-3H3,(H,20,24)(H,21,23,25). The molecule has 0 radical (unpaired) electrons. The summed E-state index contributed by atoms with van der Waals surface area (Å²) in [5.74, 6) is -0.331. The Kier molecular flexibility index (Phi) is 7.53. The zero-order chi connectivity index (χ0) is 19.1.